The zero-order valence-electron chi connectivity index (χ0n) is 12.7. The number of esters is 1. The van der Waals surface area contributed by atoms with Crippen molar-refractivity contribution in [1.82, 2.24) is 5.32 Å². The van der Waals surface area contributed by atoms with E-state index in [4.69, 9.17) is 4.74 Å². The van der Waals surface area contributed by atoms with Crippen LogP contribution in [0.15, 0.2) is 46.9 Å². The van der Waals surface area contributed by atoms with Crippen LogP contribution in [0.4, 0.5) is 8.78 Å². The molecule has 1 N–H and O–H groups in total. The van der Waals surface area contributed by atoms with Gasteiger partial charge >= 0.3 is 5.97 Å². The van der Waals surface area contributed by atoms with Crippen LogP contribution < -0.4 is 5.32 Å². The van der Waals surface area contributed by atoms with Crippen LogP contribution in [-0.2, 0) is 16.0 Å². The van der Waals surface area contributed by atoms with Gasteiger partial charge in [0, 0.05) is 16.5 Å². The zero-order chi connectivity index (χ0) is 17.7. The third kappa shape index (κ3) is 4.61. The Bertz CT molecular complexity index is 767. The molecule has 2 rings (SSSR count). The highest BCUT2D eigenvalue weighted by molar-refractivity contribution is 9.10. The molecule has 0 fully saturated rings. The maximum absolute atomic E-state index is 13.2. The Labute approximate surface area is 145 Å². The van der Waals surface area contributed by atoms with Gasteiger partial charge in [0.1, 0.15) is 6.04 Å². The average molecular weight is 398 g/mol. The number of carbonyl (C=O) groups is 2. The fourth-order valence-electron chi connectivity index (χ4n) is 2.11. The van der Waals surface area contributed by atoms with Gasteiger partial charge in [-0.15, -0.1) is 0 Å². The SMILES string of the molecule is COC(=O)[C@H](Cc1cccc(Br)c1)NC(=O)c1ccc(F)c(F)c1. The lowest BCUT2D eigenvalue weighted by atomic mass is 10.1. The van der Waals surface area contributed by atoms with Gasteiger partial charge in [0.15, 0.2) is 11.6 Å². The van der Waals surface area contributed by atoms with E-state index in [1.165, 1.54) is 7.11 Å². The standard InChI is InChI=1S/C17H14BrF2NO3/c1-24-17(23)15(8-10-3-2-4-12(18)7-10)21-16(22)11-5-6-13(19)14(20)9-11/h2-7,9,15H,8H2,1H3,(H,21,22)/t15-/m0/s1. The van der Waals surface area contributed by atoms with Crippen LogP contribution in [-0.4, -0.2) is 25.0 Å². The Morgan fingerprint density at radius 1 is 1.17 bits per heavy atom. The van der Waals surface area contributed by atoms with Gasteiger partial charge in [-0.05, 0) is 35.9 Å². The number of benzene rings is 2. The summed E-state index contributed by atoms with van der Waals surface area (Å²) >= 11 is 3.33. The number of hydrogen-bond donors (Lipinski definition) is 1. The fourth-order valence-corrected chi connectivity index (χ4v) is 2.56. The van der Waals surface area contributed by atoms with E-state index in [2.05, 4.69) is 21.2 Å². The summed E-state index contributed by atoms with van der Waals surface area (Å²) in [5, 5.41) is 2.48. The minimum atomic E-state index is -1.13. The second-order valence-electron chi connectivity index (χ2n) is 5.01. The van der Waals surface area contributed by atoms with Crippen LogP contribution in [0.5, 0.6) is 0 Å². The van der Waals surface area contributed by atoms with Crippen molar-refractivity contribution in [3.8, 4) is 0 Å². The summed E-state index contributed by atoms with van der Waals surface area (Å²) in [6.07, 6.45) is 0.196. The van der Waals surface area contributed by atoms with Crippen LogP contribution in [0, 0.1) is 11.6 Å². The highest BCUT2D eigenvalue weighted by Crippen LogP contribution is 2.14. The number of nitrogens with one attached hydrogen (secondary N) is 1. The lowest BCUT2D eigenvalue weighted by Gasteiger charge is -2.17. The molecule has 0 saturated carbocycles. The number of ether oxygens (including phenoxy) is 1. The largest absolute Gasteiger partial charge is 0.467 e. The van der Waals surface area contributed by atoms with Gasteiger partial charge in [-0.3, -0.25) is 4.79 Å². The Morgan fingerprint density at radius 2 is 1.92 bits per heavy atom. The van der Waals surface area contributed by atoms with Crippen molar-refractivity contribution in [2.24, 2.45) is 0 Å². The second kappa shape index (κ2) is 8.01. The van der Waals surface area contributed by atoms with Crippen molar-refractivity contribution in [1.29, 1.82) is 0 Å². The summed E-state index contributed by atoms with van der Waals surface area (Å²) in [5.74, 6) is -3.51. The Morgan fingerprint density at radius 3 is 2.54 bits per heavy atom. The van der Waals surface area contributed by atoms with E-state index in [-0.39, 0.29) is 12.0 Å². The van der Waals surface area contributed by atoms with Crippen molar-refractivity contribution in [3.05, 3.63) is 69.7 Å². The Balaban J connectivity index is 2.17. The monoisotopic (exact) mass is 397 g/mol. The minimum Gasteiger partial charge on any atom is -0.467 e. The topological polar surface area (TPSA) is 55.4 Å². The minimum absolute atomic E-state index is 0.0861. The summed E-state index contributed by atoms with van der Waals surface area (Å²) in [7, 11) is 1.21. The molecule has 0 saturated heterocycles. The molecule has 0 aromatic heterocycles. The van der Waals surface area contributed by atoms with Crippen LogP contribution in [0.3, 0.4) is 0 Å². The van der Waals surface area contributed by atoms with Gasteiger partial charge in [-0.25, -0.2) is 13.6 Å². The number of halogens is 3. The molecule has 126 valence electrons. The quantitative estimate of drug-likeness (QED) is 0.787. The van der Waals surface area contributed by atoms with Crippen molar-refractivity contribution < 1.29 is 23.1 Å². The highest BCUT2D eigenvalue weighted by atomic mass is 79.9. The lowest BCUT2D eigenvalue weighted by Crippen LogP contribution is -2.43. The second-order valence-corrected chi connectivity index (χ2v) is 5.93. The number of carbonyl (C=O) groups excluding carboxylic acids is 2. The van der Waals surface area contributed by atoms with Crippen molar-refractivity contribution in [3.63, 3.8) is 0 Å². The molecule has 0 aliphatic carbocycles. The van der Waals surface area contributed by atoms with Gasteiger partial charge in [0.05, 0.1) is 7.11 Å². The first-order valence-electron chi connectivity index (χ1n) is 6.99. The number of rotatable bonds is 5. The predicted octanol–water partition coefficient (Wildman–Crippen LogP) is 3.24. The van der Waals surface area contributed by atoms with E-state index in [9.17, 15) is 18.4 Å². The van der Waals surface area contributed by atoms with E-state index in [1.807, 2.05) is 6.07 Å². The van der Waals surface area contributed by atoms with E-state index in [0.29, 0.717) is 0 Å². The van der Waals surface area contributed by atoms with Crippen LogP contribution in [0.1, 0.15) is 15.9 Å². The van der Waals surface area contributed by atoms with Crippen LogP contribution in [0.2, 0.25) is 0 Å². The molecule has 0 spiro atoms. The molecule has 0 radical (unpaired) electrons. The van der Waals surface area contributed by atoms with Crippen molar-refractivity contribution in [2.45, 2.75) is 12.5 Å². The number of hydrogen-bond acceptors (Lipinski definition) is 3. The van der Waals surface area contributed by atoms with Crippen molar-refractivity contribution >= 4 is 27.8 Å². The molecule has 0 heterocycles. The molecule has 0 bridgehead atoms. The van der Waals surface area contributed by atoms with E-state index in [0.717, 1.165) is 28.2 Å². The van der Waals surface area contributed by atoms with Gasteiger partial charge in [-0.2, -0.15) is 0 Å². The summed E-state index contributed by atoms with van der Waals surface area (Å²) in [6, 6.07) is 9.04. The summed E-state index contributed by atoms with van der Waals surface area (Å²) < 4.78 is 31.7. The summed E-state index contributed by atoms with van der Waals surface area (Å²) in [4.78, 5) is 24.1. The molecular formula is C17H14BrF2NO3. The molecule has 0 aliphatic heterocycles. The average Bonchev–Trinajstić information content (AvgIpc) is 2.56. The zero-order valence-corrected chi connectivity index (χ0v) is 14.3. The van der Waals surface area contributed by atoms with Gasteiger partial charge in [-0.1, -0.05) is 28.1 Å². The van der Waals surface area contributed by atoms with E-state index in [1.54, 1.807) is 18.2 Å². The number of amides is 1. The van der Waals surface area contributed by atoms with Gasteiger partial charge in [0.25, 0.3) is 5.91 Å². The summed E-state index contributed by atoms with van der Waals surface area (Å²) in [6.45, 7) is 0. The highest BCUT2D eigenvalue weighted by Gasteiger charge is 2.23. The number of methoxy groups -OCH3 is 1. The Kier molecular flexibility index (Phi) is 6.03. The van der Waals surface area contributed by atoms with Crippen LogP contribution >= 0.6 is 15.9 Å². The molecule has 1 amide bonds. The van der Waals surface area contributed by atoms with Crippen molar-refractivity contribution in [2.75, 3.05) is 7.11 Å². The normalized spacial score (nSPS) is 11.7. The molecule has 0 unspecified atom stereocenters. The first-order chi connectivity index (χ1) is 11.4. The van der Waals surface area contributed by atoms with Crippen LogP contribution in [0.25, 0.3) is 0 Å². The summed E-state index contributed by atoms with van der Waals surface area (Å²) in [5.41, 5.74) is 0.711. The molecule has 0 aliphatic rings. The molecule has 1 atom stereocenters. The van der Waals surface area contributed by atoms with E-state index >= 15 is 0 Å². The fraction of sp³-hybridized carbons (Fsp3) is 0.176. The molecule has 24 heavy (non-hydrogen) atoms. The molecule has 2 aromatic rings. The molecule has 2 aromatic carbocycles. The maximum atomic E-state index is 13.2. The molecule has 7 heteroatoms. The van der Waals surface area contributed by atoms with E-state index < -0.39 is 29.6 Å². The first kappa shape index (κ1) is 18.1. The Hall–Kier alpha value is -2.28. The van der Waals surface area contributed by atoms with Gasteiger partial charge in [0.2, 0.25) is 0 Å². The lowest BCUT2D eigenvalue weighted by molar-refractivity contribution is -0.142. The third-order valence-corrected chi connectivity index (χ3v) is 3.79. The third-order valence-electron chi connectivity index (χ3n) is 3.30. The predicted molar refractivity (Wildman–Crippen MR) is 87.5 cm³/mol. The smallest absolute Gasteiger partial charge is 0.328 e. The maximum Gasteiger partial charge on any atom is 0.328 e. The molecular weight excluding hydrogens is 384 g/mol. The first-order valence-corrected chi connectivity index (χ1v) is 7.78. The van der Waals surface area contributed by atoms with Gasteiger partial charge < -0.3 is 10.1 Å². The molecule has 4 nitrogen and oxygen atoms in total.